The van der Waals surface area contributed by atoms with Crippen molar-refractivity contribution in [1.29, 1.82) is 0 Å². The fourth-order valence-electron chi connectivity index (χ4n) is 3.57. The molecule has 166 valence electrons. The van der Waals surface area contributed by atoms with Gasteiger partial charge in [0.05, 0.1) is 19.8 Å². The number of sulfonamides is 1. The molecule has 0 aromatic carbocycles. The molecule has 2 N–H and O–H groups in total. The van der Waals surface area contributed by atoms with Crippen molar-refractivity contribution >= 4 is 51.3 Å². The van der Waals surface area contributed by atoms with Crippen molar-refractivity contribution in [2.75, 3.05) is 32.8 Å². The van der Waals surface area contributed by atoms with Gasteiger partial charge in [0.2, 0.25) is 0 Å². The molecule has 1 aromatic rings. The molecule has 29 heavy (non-hydrogen) atoms. The van der Waals surface area contributed by atoms with E-state index in [1.807, 2.05) is 6.07 Å². The van der Waals surface area contributed by atoms with Crippen LogP contribution in [-0.2, 0) is 21.3 Å². The lowest BCUT2D eigenvalue weighted by atomic mass is 9.87. The van der Waals surface area contributed by atoms with Gasteiger partial charge in [-0.1, -0.05) is 6.92 Å². The first-order valence-corrected chi connectivity index (χ1v) is 12.5. The Morgan fingerprint density at radius 1 is 1.24 bits per heavy atom. The van der Waals surface area contributed by atoms with Crippen LogP contribution in [0.5, 0.6) is 0 Å². The summed E-state index contributed by atoms with van der Waals surface area (Å²) in [5, 5.41) is 6.84. The molecule has 2 heterocycles. The zero-order chi connectivity index (χ0) is 20.0. The molecule has 10 heteroatoms. The quantitative estimate of drug-likeness (QED) is 0.320. The van der Waals surface area contributed by atoms with Crippen LogP contribution in [0.1, 0.15) is 44.4 Å². The zero-order valence-electron chi connectivity index (χ0n) is 17.2. The number of halogens is 1. The molecule has 0 spiro atoms. The standard InChI is InChI=1S/C19H32N4O3S2.HI/c1-3-20-19(22-16-6-4-15(2)5-7-16)21-14-17-8-9-18(27-17)28(24,25)23-10-12-26-13-11-23;/h8-9,15-16H,3-7,10-14H2,1-2H3,(H2,20,21,22);1H. The van der Waals surface area contributed by atoms with Crippen molar-refractivity contribution in [3.8, 4) is 0 Å². The molecule has 7 nitrogen and oxygen atoms in total. The third kappa shape index (κ3) is 7.05. The Balaban J connectivity index is 0.00000300. The number of nitrogens with zero attached hydrogens (tertiary/aromatic N) is 2. The Morgan fingerprint density at radius 2 is 1.93 bits per heavy atom. The summed E-state index contributed by atoms with van der Waals surface area (Å²) in [5.41, 5.74) is 0. The molecular formula is C19H33IN4O3S2. The first-order chi connectivity index (χ1) is 13.5. The third-order valence-corrected chi connectivity index (χ3v) is 8.73. The number of hydrogen-bond donors (Lipinski definition) is 2. The van der Waals surface area contributed by atoms with Crippen LogP contribution < -0.4 is 10.6 Å². The SMILES string of the molecule is CCNC(=NCc1ccc(S(=O)(=O)N2CCOCC2)s1)NC1CCC(C)CC1.I. The Labute approximate surface area is 195 Å². The molecule has 0 atom stereocenters. The van der Waals surface area contributed by atoms with E-state index in [-0.39, 0.29) is 24.0 Å². The fraction of sp³-hybridized carbons (Fsp3) is 0.737. The van der Waals surface area contributed by atoms with Crippen molar-refractivity contribution in [3.63, 3.8) is 0 Å². The lowest BCUT2D eigenvalue weighted by Gasteiger charge is -2.28. The monoisotopic (exact) mass is 556 g/mol. The number of ether oxygens (including phenoxy) is 1. The van der Waals surface area contributed by atoms with Crippen LogP contribution in [-0.4, -0.2) is 57.6 Å². The van der Waals surface area contributed by atoms with Gasteiger partial charge in [0.1, 0.15) is 4.21 Å². The highest BCUT2D eigenvalue weighted by Crippen LogP contribution is 2.26. The Bertz CT molecular complexity index is 755. The smallest absolute Gasteiger partial charge is 0.252 e. The normalized spacial score (nSPS) is 24.0. The number of rotatable bonds is 6. The molecule has 0 radical (unpaired) electrons. The summed E-state index contributed by atoms with van der Waals surface area (Å²) in [6.45, 7) is 7.40. The number of guanidine groups is 1. The second kappa shape index (κ2) is 11.8. The molecule has 3 rings (SSSR count). The van der Waals surface area contributed by atoms with E-state index in [9.17, 15) is 8.42 Å². The highest BCUT2D eigenvalue weighted by Gasteiger charge is 2.27. The topological polar surface area (TPSA) is 83.0 Å². The average molecular weight is 557 g/mol. The number of morpholine rings is 1. The van der Waals surface area contributed by atoms with E-state index in [1.165, 1.54) is 41.3 Å². The van der Waals surface area contributed by atoms with E-state index >= 15 is 0 Å². The minimum atomic E-state index is -3.43. The van der Waals surface area contributed by atoms with Gasteiger partial charge in [-0.3, -0.25) is 0 Å². The maximum absolute atomic E-state index is 12.8. The van der Waals surface area contributed by atoms with E-state index in [0.717, 1.165) is 23.3 Å². The molecule has 0 unspecified atom stereocenters. The van der Waals surface area contributed by atoms with Crippen molar-refractivity contribution in [3.05, 3.63) is 17.0 Å². The van der Waals surface area contributed by atoms with Gasteiger partial charge in [-0.25, -0.2) is 13.4 Å². The second-order valence-electron chi connectivity index (χ2n) is 7.53. The van der Waals surface area contributed by atoms with E-state index in [4.69, 9.17) is 4.74 Å². The highest BCUT2D eigenvalue weighted by molar-refractivity contribution is 14.0. The van der Waals surface area contributed by atoms with Crippen LogP contribution in [0.25, 0.3) is 0 Å². The maximum atomic E-state index is 12.8. The summed E-state index contributed by atoms with van der Waals surface area (Å²) < 4.78 is 32.7. The summed E-state index contributed by atoms with van der Waals surface area (Å²) in [4.78, 5) is 5.63. The van der Waals surface area contributed by atoms with Gasteiger partial charge >= 0.3 is 0 Å². The van der Waals surface area contributed by atoms with Gasteiger partial charge in [-0.15, -0.1) is 35.3 Å². The van der Waals surface area contributed by atoms with Crippen LogP contribution >= 0.6 is 35.3 Å². The third-order valence-electron chi connectivity index (χ3n) is 5.30. The molecule has 1 saturated heterocycles. The first kappa shape index (κ1) is 24.8. The fourth-order valence-corrected chi connectivity index (χ4v) is 6.41. The first-order valence-electron chi connectivity index (χ1n) is 10.2. The van der Waals surface area contributed by atoms with Crippen LogP contribution in [0.15, 0.2) is 21.3 Å². The number of aliphatic imine (C=N–C) groups is 1. The Morgan fingerprint density at radius 3 is 2.59 bits per heavy atom. The van der Waals surface area contributed by atoms with Crippen LogP contribution in [0.3, 0.4) is 0 Å². The minimum absolute atomic E-state index is 0. The number of hydrogen-bond acceptors (Lipinski definition) is 5. The molecule has 0 bridgehead atoms. The van der Waals surface area contributed by atoms with Crippen molar-refractivity contribution in [2.24, 2.45) is 10.9 Å². The minimum Gasteiger partial charge on any atom is -0.379 e. The van der Waals surface area contributed by atoms with Crippen LogP contribution in [0.2, 0.25) is 0 Å². The second-order valence-corrected chi connectivity index (χ2v) is 10.9. The van der Waals surface area contributed by atoms with E-state index in [0.29, 0.717) is 43.1 Å². The van der Waals surface area contributed by atoms with Crippen LogP contribution in [0, 0.1) is 5.92 Å². The Kier molecular flexibility index (Phi) is 10.1. The van der Waals surface area contributed by atoms with Gasteiger partial charge in [0, 0.05) is 30.6 Å². The van der Waals surface area contributed by atoms with E-state index in [2.05, 4.69) is 29.5 Å². The predicted octanol–water partition coefficient (Wildman–Crippen LogP) is 3.02. The lowest BCUT2D eigenvalue weighted by Crippen LogP contribution is -2.44. The molecule has 1 aromatic heterocycles. The summed E-state index contributed by atoms with van der Waals surface area (Å²) in [5.74, 6) is 1.63. The molecule has 1 saturated carbocycles. The largest absolute Gasteiger partial charge is 0.379 e. The van der Waals surface area contributed by atoms with Crippen molar-refractivity contribution in [2.45, 2.75) is 56.3 Å². The Hall–Kier alpha value is -0.430. The molecule has 2 fully saturated rings. The summed E-state index contributed by atoms with van der Waals surface area (Å²) >= 11 is 1.31. The zero-order valence-corrected chi connectivity index (χ0v) is 21.2. The van der Waals surface area contributed by atoms with Crippen molar-refractivity contribution in [1.82, 2.24) is 14.9 Å². The van der Waals surface area contributed by atoms with E-state index < -0.39 is 10.0 Å². The van der Waals surface area contributed by atoms with E-state index in [1.54, 1.807) is 6.07 Å². The summed E-state index contributed by atoms with van der Waals surface area (Å²) in [7, 11) is -3.43. The van der Waals surface area contributed by atoms with Gasteiger partial charge < -0.3 is 15.4 Å². The van der Waals surface area contributed by atoms with Gasteiger partial charge in [-0.05, 0) is 50.7 Å². The molecule has 0 amide bonds. The van der Waals surface area contributed by atoms with Gasteiger partial charge in [0.15, 0.2) is 5.96 Å². The lowest BCUT2D eigenvalue weighted by molar-refractivity contribution is 0.0731. The highest BCUT2D eigenvalue weighted by atomic mass is 127. The van der Waals surface area contributed by atoms with Crippen LogP contribution in [0.4, 0.5) is 0 Å². The summed E-state index contributed by atoms with van der Waals surface area (Å²) in [6, 6.07) is 4.03. The maximum Gasteiger partial charge on any atom is 0.252 e. The molecule has 2 aliphatic rings. The molecule has 1 aliphatic carbocycles. The number of nitrogens with one attached hydrogen (secondary N) is 2. The molecule has 1 aliphatic heterocycles. The molecular weight excluding hydrogens is 523 g/mol. The van der Waals surface area contributed by atoms with Crippen molar-refractivity contribution < 1.29 is 13.2 Å². The van der Waals surface area contributed by atoms with Gasteiger partial charge in [0.25, 0.3) is 10.0 Å². The average Bonchev–Trinajstić information content (AvgIpc) is 3.19. The number of thiophene rings is 1. The summed E-state index contributed by atoms with van der Waals surface area (Å²) in [6.07, 6.45) is 4.86. The van der Waals surface area contributed by atoms with Gasteiger partial charge in [-0.2, -0.15) is 4.31 Å². The predicted molar refractivity (Wildman–Crippen MR) is 129 cm³/mol.